The van der Waals surface area contributed by atoms with Gasteiger partial charge in [0, 0.05) is 24.2 Å². The molecule has 2 aromatic rings. The van der Waals surface area contributed by atoms with Gasteiger partial charge in [0.25, 0.3) is 0 Å². The van der Waals surface area contributed by atoms with Gasteiger partial charge in [-0.15, -0.1) is 0 Å². The largest absolute Gasteiger partial charge is 0.336 e. The maximum Gasteiger partial charge on any atom is 0.315 e. The van der Waals surface area contributed by atoms with Gasteiger partial charge in [-0.1, -0.05) is 35.3 Å². The van der Waals surface area contributed by atoms with Crippen LogP contribution in [0.25, 0.3) is 0 Å². The Morgan fingerprint density at radius 2 is 2.04 bits per heavy atom. The van der Waals surface area contributed by atoms with Crippen molar-refractivity contribution >= 4 is 35.0 Å². The van der Waals surface area contributed by atoms with E-state index in [1.807, 2.05) is 12.1 Å². The van der Waals surface area contributed by atoms with Crippen LogP contribution in [0.15, 0.2) is 30.5 Å². The van der Waals surface area contributed by atoms with Crippen molar-refractivity contribution in [2.75, 3.05) is 6.54 Å². The SMILES string of the molecule is Cc1nc(C(CC(=O)[C@@H]2CNC(=O)N2)c2ccc(Cl)cc2)ncc1Cl. The number of nitrogens with one attached hydrogen (secondary N) is 2. The summed E-state index contributed by atoms with van der Waals surface area (Å²) in [5.41, 5.74) is 1.52. The molecule has 1 saturated heterocycles. The molecular weight excluding hydrogens is 363 g/mol. The minimum atomic E-state index is -0.546. The van der Waals surface area contributed by atoms with E-state index in [-0.39, 0.29) is 30.7 Å². The molecule has 0 saturated carbocycles. The van der Waals surface area contributed by atoms with Crippen molar-refractivity contribution in [3.63, 3.8) is 0 Å². The quantitative estimate of drug-likeness (QED) is 0.837. The van der Waals surface area contributed by atoms with E-state index >= 15 is 0 Å². The zero-order valence-electron chi connectivity index (χ0n) is 13.4. The summed E-state index contributed by atoms with van der Waals surface area (Å²) < 4.78 is 0. The standard InChI is InChI=1S/C17H16Cl2N4O2/c1-9-13(19)7-20-16(22-9)12(10-2-4-11(18)5-3-10)6-15(24)14-8-21-17(25)23-14/h2-5,7,12,14H,6,8H2,1H3,(H2,21,23,25)/t12?,14-/m0/s1. The van der Waals surface area contributed by atoms with E-state index in [1.54, 1.807) is 19.1 Å². The van der Waals surface area contributed by atoms with Crippen LogP contribution in [-0.2, 0) is 4.79 Å². The summed E-state index contributed by atoms with van der Waals surface area (Å²) in [6.07, 6.45) is 1.70. The highest BCUT2D eigenvalue weighted by molar-refractivity contribution is 6.31. The summed E-state index contributed by atoms with van der Waals surface area (Å²) >= 11 is 12.0. The fraction of sp³-hybridized carbons (Fsp3) is 0.294. The number of aromatic nitrogens is 2. The van der Waals surface area contributed by atoms with E-state index < -0.39 is 6.04 Å². The van der Waals surface area contributed by atoms with Crippen LogP contribution in [0, 0.1) is 6.92 Å². The number of benzene rings is 1. The Morgan fingerprint density at radius 1 is 1.32 bits per heavy atom. The Morgan fingerprint density at radius 3 is 2.64 bits per heavy atom. The topological polar surface area (TPSA) is 84.0 Å². The van der Waals surface area contributed by atoms with Crippen molar-refractivity contribution in [3.8, 4) is 0 Å². The zero-order valence-corrected chi connectivity index (χ0v) is 14.9. The lowest BCUT2D eigenvalue weighted by molar-refractivity contribution is -0.120. The average Bonchev–Trinajstić information content (AvgIpc) is 3.03. The molecular formula is C17H16Cl2N4O2. The van der Waals surface area contributed by atoms with Crippen LogP contribution in [0.3, 0.4) is 0 Å². The molecule has 0 aliphatic carbocycles. The number of carbonyl (C=O) groups excluding carboxylic acids is 2. The van der Waals surface area contributed by atoms with Gasteiger partial charge in [-0.3, -0.25) is 4.79 Å². The molecule has 2 atom stereocenters. The van der Waals surface area contributed by atoms with Gasteiger partial charge < -0.3 is 10.6 Å². The molecule has 3 rings (SSSR count). The molecule has 0 radical (unpaired) electrons. The molecule has 1 aliphatic heterocycles. The number of urea groups is 1. The molecule has 130 valence electrons. The van der Waals surface area contributed by atoms with Gasteiger partial charge in [-0.2, -0.15) is 0 Å². The van der Waals surface area contributed by atoms with Gasteiger partial charge in [-0.25, -0.2) is 14.8 Å². The summed E-state index contributed by atoms with van der Waals surface area (Å²) in [6, 6.07) is 6.33. The predicted octanol–water partition coefficient (Wildman–Crippen LogP) is 2.86. The minimum absolute atomic E-state index is 0.0884. The van der Waals surface area contributed by atoms with Gasteiger partial charge in [0.2, 0.25) is 0 Å². The molecule has 2 heterocycles. The lowest BCUT2D eigenvalue weighted by atomic mass is 9.91. The molecule has 1 aromatic carbocycles. The molecule has 1 aliphatic rings. The molecule has 8 heteroatoms. The molecule has 2 amide bonds. The normalized spacial score (nSPS) is 17.7. The van der Waals surface area contributed by atoms with Gasteiger partial charge >= 0.3 is 6.03 Å². The Hall–Kier alpha value is -2.18. The highest BCUT2D eigenvalue weighted by Crippen LogP contribution is 2.28. The first-order chi connectivity index (χ1) is 11.9. The second-order valence-electron chi connectivity index (χ2n) is 5.84. The van der Waals surface area contributed by atoms with E-state index in [0.29, 0.717) is 21.6 Å². The fourth-order valence-electron chi connectivity index (χ4n) is 2.68. The number of Topliss-reactive ketones (excluding diaryl/α,β-unsaturated/α-hetero) is 1. The van der Waals surface area contributed by atoms with Crippen LogP contribution in [-0.4, -0.2) is 34.4 Å². The van der Waals surface area contributed by atoms with Gasteiger partial charge in [0.15, 0.2) is 5.78 Å². The number of rotatable bonds is 5. The van der Waals surface area contributed by atoms with E-state index in [9.17, 15) is 9.59 Å². The van der Waals surface area contributed by atoms with Gasteiger partial charge in [0.1, 0.15) is 11.9 Å². The molecule has 0 bridgehead atoms. The molecule has 6 nitrogen and oxygen atoms in total. The Kier molecular flexibility index (Phi) is 5.20. The van der Waals surface area contributed by atoms with E-state index in [4.69, 9.17) is 23.2 Å². The second-order valence-corrected chi connectivity index (χ2v) is 6.69. The van der Waals surface area contributed by atoms with Crippen molar-refractivity contribution in [3.05, 3.63) is 57.6 Å². The Labute approximate surface area is 155 Å². The molecule has 1 unspecified atom stereocenters. The van der Waals surface area contributed by atoms with Crippen LogP contribution >= 0.6 is 23.2 Å². The number of carbonyl (C=O) groups is 2. The number of ketones is 1. The summed E-state index contributed by atoms with van der Waals surface area (Å²) in [5, 5.41) is 6.27. The summed E-state index contributed by atoms with van der Waals surface area (Å²) in [6.45, 7) is 2.07. The van der Waals surface area contributed by atoms with Crippen LogP contribution < -0.4 is 10.6 Å². The first-order valence-electron chi connectivity index (χ1n) is 7.75. The Balaban J connectivity index is 1.91. The number of halogens is 2. The smallest absolute Gasteiger partial charge is 0.315 e. The Bertz CT molecular complexity index is 811. The number of amides is 2. The zero-order chi connectivity index (χ0) is 18.0. The molecule has 2 N–H and O–H groups in total. The van der Waals surface area contributed by atoms with Crippen molar-refractivity contribution < 1.29 is 9.59 Å². The van der Waals surface area contributed by atoms with E-state index in [2.05, 4.69) is 20.6 Å². The lowest BCUT2D eigenvalue weighted by Crippen LogP contribution is -2.35. The van der Waals surface area contributed by atoms with Crippen molar-refractivity contribution in [1.82, 2.24) is 20.6 Å². The number of hydrogen-bond donors (Lipinski definition) is 2. The summed E-state index contributed by atoms with van der Waals surface area (Å²) in [4.78, 5) is 32.6. The first-order valence-corrected chi connectivity index (χ1v) is 8.51. The van der Waals surface area contributed by atoms with Crippen LogP contribution in [0.1, 0.15) is 29.4 Å². The van der Waals surface area contributed by atoms with Gasteiger partial charge in [0.05, 0.1) is 16.6 Å². The predicted molar refractivity (Wildman–Crippen MR) is 95.0 cm³/mol. The lowest BCUT2D eigenvalue weighted by Gasteiger charge is -2.18. The first kappa shape index (κ1) is 17.6. The van der Waals surface area contributed by atoms with Crippen LogP contribution in [0.5, 0.6) is 0 Å². The highest BCUT2D eigenvalue weighted by atomic mass is 35.5. The summed E-state index contributed by atoms with van der Waals surface area (Å²) in [7, 11) is 0. The molecule has 1 fully saturated rings. The average molecular weight is 379 g/mol. The number of hydrogen-bond acceptors (Lipinski definition) is 4. The monoisotopic (exact) mass is 378 g/mol. The third-order valence-electron chi connectivity index (χ3n) is 4.09. The van der Waals surface area contributed by atoms with Crippen molar-refractivity contribution in [2.45, 2.75) is 25.3 Å². The molecule has 1 aromatic heterocycles. The van der Waals surface area contributed by atoms with Crippen molar-refractivity contribution in [1.29, 1.82) is 0 Å². The fourth-order valence-corrected chi connectivity index (χ4v) is 2.90. The van der Waals surface area contributed by atoms with Crippen LogP contribution in [0.2, 0.25) is 10.0 Å². The maximum absolute atomic E-state index is 12.6. The summed E-state index contributed by atoms with van der Waals surface area (Å²) in [5.74, 6) is 0.0718. The van der Waals surface area contributed by atoms with Crippen molar-refractivity contribution in [2.24, 2.45) is 0 Å². The van der Waals surface area contributed by atoms with E-state index in [1.165, 1.54) is 6.20 Å². The number of aryl methyl sites for hydroxylation is 1. The number of nitrogens with zero attached hydrogens (tertiary/aromatic N) is 2. The third kappa shape index (κ3) is 4.08. The third-order valence-corrected chi connectivity index (χ3v) is 4.71. The second kappa shape index (κ2) is 7.37. The molecule has 0 spiro atoms. The molecule has 25 heavy (non-hydrogen) atoms. The minimum Gasteiger partial charge on any atom is -0.336 e. The van der Waals surface area contributed by atoms with E-state index in [0.717, 1.165) is 5.56 Å². The maximum atomic E-state index is 12.6. The highest BCUT2D eigenvalue weighted by Gasteiger charge is 2.30. The van der Waals surface area contributed by atoms with Gasteiger partial charge in [-0.05, 0) is 24.6 Å². The van der Waals surface area contributed by atoms with Crippen LogP contribution in [0.4, 0.5) is 4.79 Å².